The average molecular weight is 280 g/mol. The Labute approximate surface area is 117 Å². The zero-order chi connectivity index (χ0) is 15.1. The molecule has 1 atom stereocenters. The molecule has 0 radical (unpaired) electrons. The lowest BCUT2D eigenvalue weighted by Gasteiger charge is -2.17. The Kier molecular flexibility index (Phi) is 5.83. The molecule has 0 fully saturated rings. The molecule has 1 unspecified atom stereocenters. The fourth-order valence-corrected chi connectivity index (χ4v) is 1.62. The quantitative estimate of drug-likeness (QED) is 0.520. The van der Waals surface area contributed by atoms with E-state index in [0.29, 0.717) is 6.54 Å². The van der Waals surface area contributed by atoms with Gasteiger partial charge in [0.2, 0.25) is 0 Å². The van der Waals surface area contributed by atoms with Crippen molar-refractivity contribution >= 4 is 17.6 Å². The lowest BCUT2D eigenvalue weighted by atomic mass is 10.1. The van der Waals surface area contributed by atoms with Gasteiger partial charge in [-0.25, -0.2) is 4.79 Å². The Morgan fingerprint density at radius 2 is 2.15 bits per heavy atom. The van der Waals surface area contributed by atoms with E-state index in [9.17, 15) is 9.59 Å². The molecule has 0 aromatic heterocycles. The van der Waals surface area contributed by atoms with Gasteiger partial charge in [0.1, 0.15) is 5.56 Å². The zero-order valence-electron chi connectivity index (χ0n) is 11.7. The Bertz CT molecular complexity index is 488. The van der Waals surface area contributed by atoms with Crippen molar-refractivity contribution in [3.05, 3.63) is 23.8 Å². The van der Waals surface area contributed by atoms with Gasteiger partial charge in [-0.1, -0.05) is 19.4 Å². The molecule has 6 nitrogen and oxygen atoms in total. The number of nitrogen functional groups attached to an aromatic ring is 1. The van der Waals surface area contributed by atoms with Gasteiger partial charge in [0.15, 0.2) is 11.9 Å². The molecular formula is C14H20N2O4. The highest BCUT2D eigenvalue weighted by molar-refractivity contribution is 5.93. The first-order chi connectivity index (χ1) is 9.47. The number of amides is 1. The normalized spacial score (nSPS) is 11.7. The molecule has 20 heavy (non-hydrogen) atoms. The minimum atomic E-state index is -1.15. The van der Waals surface area contributed by atoms with Crippen LogP contribution in [0, 0.1) is 0 Å². The van der Waals surface area contributed by atoms with Crippen LogP contribution in [0.25, 0.3) is 0 Å². The summed E-state index contributed by atoms with van der Waals surface area (Å²) in [6, 6.07) is 4.44. The van der Waals surface area contributed by atoms with E-state index in [-0.39, 0.29) is 22.9 Å². The van der Waals surface area contributed by atoms with Crippen molar-refractivity contribution in [3.63, 3.8) is 0 Å². The number of ether oxygens (including phenoxy) is 1. The number of para-hydroxylation sites is 1. The van der Waals surface area contributed by atoms with Crippen LogP contribution in [0.3, 0.4) is 0 Å². The predicted octanol–water partition coefficient (Wildman–Crippen LogP) is 1.65. The summed E-state index contributed by atoms with van der Waals surface area (Å²) < 4.78 is 5.41. The Morgan fingerprint density at radius 1 is 1.45 bits per heavy atom. The van der Waals surface area contributed by atoms with Crippen molar-refractivity contribution in [2.45, 2.75) is 32.8 Å². The number of rotatable bonds is 7. The van der Waals surface area contributed by atoms with Crippen LogP contribution in [0.2, 0.25) is 0 Å². The highest BCUT2D eigenvalue weighted by atomic mass is 16.5. The van der Waals surface area contributed by atoms with Crippen molar-refractivity contribution in [1.29, 1.82) is 0 Å². The zero-order valence-corrected chi connectivity index (χ0v) is 11.7. The summed E-state index contributed by atoms with van der Waals surface area (Å²) in [6.07, 6.45) is 1.05. The summed E-state index contributed by atoms with van der Waals surface area (Å²) in [5.41, 5.74) is 5.84. The molecule has 1 amide bonds. The van der Waals surface area contributed by atoms with E-state index >= 15 is 0 Å². The Balaban J connectivity index is 2.77. The fourth-order valence-electron chi connectivity index (χ4n) is 1.62. The van der Waals surface area contributed by atoms with Crippen LogP contribution < -0.4 is 15.8 Å². The summed E-state index contributed by atoms with van der Waals surface area (Å²) in [6.45, 7) is 4.15. The van der Waals surface area contributed by atoms with Crippen molar-refractivity contribution in [2.75, 3.05) is 12.3 Å². The molecule has 6 heteroatoms. The third kappa shape index (κ3) is 4.15. The standard InChI is InChI=1S/C14H20N2O4/c1-3-4-8-16-13(17)9(2)20-12-10(14(18)19)6-5-7-11(12)15/h5-7,9H,3-4,8,15H2,1-2H3,(H,16,17)(H,18,19). The first kappa shape index (κ1) is 15.8. The number of nitrogens with one attached hydrogen (secondary N) is 1. The molecular weight excluding hydrogens is 260 g/mol. The highest BCUT2D eigenvalue weighted by Crippen LogP contribution is 2.27. The second kappa shape index (κ2) is 7.37. The van der Waals surface area contributed by atoms with E-state index in [0.717, 1.165) is 12.8 Å². The fraction of sp³-hybridized carbons (Fsp3) is 0.429. The lowest BCUT2D eigenvalue weighted by molar-refractivity contribution is -0.127. The molecule has 110 valence electrons. The summed E-state index contributed by atoms with van der Waals surface area (Å²) >= 11 is 0. The molecule has 0 heterocycles. The molecule has 1 aromatic rings. The molecule has 1 rings (SSSR count). The van der Waals surface area contributed by atoms with Gasteiger partial charge in [-0.05, 0) is 25.5 Å². The smallest absolute Gasteiger partial charge is 0.339 e. The molecule has 4 N–H and O–H groups in total. The van der Waals surface area contributed by atoms with E-state index in [4.69, 9.17) is 15.6 Å². The summed E-state index contributed by atoms with van der Waals surface area (Å²) in [4.78, 5) is 22.9. The van der Waals surface area contributed by atoms with Crippen molar-refractivity contribution in [2.24, 2.45) is 0 Å². The van der Waals surface area contributed by atoms with Gasteiger partial charge < -0.3 is 20.9 Å². The maximum Gasteiger partial charge on any atom is 0.339 e. The van der Waals surface area contributed by atoms with Crippen LogP contribution in [0.5, 0.6) is 5.75 Å². The topological polar surface area (TPSA) is 102 Å². The number of unbranched alkanes of at least 4 members (excludes halogenated alkanes) is 1. The number of nitrogens with two attached hydrogens (primary N) is 1. The third-order valence-corrected chi connectivity index (χ3v) is 2.77. The lowest BCUT2D eigenvalue weighted by Crippen LogP contribution is -2.37. The number of anilines is 1. The SMILES string of the molecule is CCCCNC(=O)C(C)Oc1c(N)cccc1C(=O)O. The van der Waals surface area contributed by atoms with Crippen molar-refractivity contribution in [3.8, 4) is 5.75 Å². The Morgan fingerprint density at radius 3 is 2.75 bits per heavy atom. The molecule has 0 aliphatic carbocycles. The number of carbonyl (C=O) groups is 2. The molecule has 0 bridgehead atoms. The van der Waals surface area contributed by atoms with Crippen LogP contribution in [0.15, 0.2) is 18.2 Å². The first-order valence-electron chi connectivity index (χ1n) is 6.53. The van der Waals surface area contributed by atoms with Crippen LogP contribution >= 0.6 is 0 Å². The number of aromatic carboxylic acids is 1. The van der Waals surface area contributed by atoms with Crippen LogP contribution in [0.1, 0.15) is 37.0 Å². The van der Waals surface area contributed by atoms with Crippen LogP contribution in [0.4, 0.5) is 5.69 Å². The number of hydrogen-bond donors (Lipinski definition) is 3. The molecule has 0 saturated carbocycles. The van der Waals surface area contributed by atoms with Gasteiger partial charge in [0.25, 0.3) is 5.91 Å². The van der Waals surface area contributed by atoms with Crippen LogP contribution in [-0.2, 0) is 4.79 Å². The summed E-state index contributed by atoms with van der Waals surface area (Å²) in [7, 11) is 0. The largest absolute Gasteiger partial charge is 0.478 e. The molecule has 1 aromatic carbocycles. The second-order valence-corrected chi connectivity index (χ2v) is 4.43. The van der Waals surface area contributed by atoms with Gasteiger partial charge in [-0.3, -0.25) is 4.79 Å². The van der Waals surface area contributed by atoms with E-state index in [1.54, 1.807) is 6.92 Å². The van der Waals surface area contributed by atoms with E-state index in [1.807, 2.05) is 6.92 Å². The number of carboxylic acid groups (broad SMARTS) is 1. The van der Waals surface area contributed by atoms with E-state index < -0.39 is 12.1 Å². The monoisotopic (exact) mass is 280 g/mol. The molecule has 0 aliphatic heterocycles. The predicted molar refractivity (Wildman–Crippen MR) is 75.8 cm³/mol. The second-order valence-electron chi connectivity index (χ2n) is 4.43. The minimum Gasteiger partial charge on any atom is -0.478 e. The van der Waals surface area contributed by atoms with Crippen LogP contribution in [-0.4, -0.2) is 29.6 Å². The van der Waals surface area contributed by atoms with E-state index in [1.165, 1.54) is 18.2 Å². The maximum atomic E-state index is 11.8. The van der Waals surface area contributed by atoms with Gasteiger partial charge in [0.05, 0.1) is 5.69 Å². The summed E-state index contributed by atoms with van der Waals surface area (Å²) in [5, 5.41) is 11.8. The van der Waals surface area contributed by atoms with Gasteiger partial charge in [0, 0.05) is 6.54 Å². The molecule has 0 saturated heterocycles. The maximum absolute atomic E-state index is 11.8. The van der Waals surface area contributed by atoms with Crippen molar-refractivity contribution < 1.29 is 19.4 Å². The van der Waals surface area contributed by atoms with Gasteiger partial charge in [-0.2, -0.15) is 0 Å². The first-order valence-corrected chi connectivity index (χ1v) is 6.53. The van der Waals surface area contributed by atoms with Gasteiger partial charge in [-0.15, -0.1) is 0 Å². The molecule has 0 spiro atoms. The Hall–Kier alpha value is -2.24. The minimum absolute atomic E-state index is 0.0261. The number of benzene rings is 1. The number of carbonyl (C=O) groups excluding carboxylic acids is 1. The summed E-state index contributed by atoms with van der Waals surface area (Å²) in [5.74, 6) is -1.41. The van der Waals surface area contributed by atoms with Crippen molar-refractivity contribution in [1.82, 2.24) is 5.32 Å². The van der Waals surface area contributed by atoms with Gasteiger partial charge >= 0.3 is 5.97 Å². The highest BCUT2D eigenvalue weighted by Gasteiger charge is 2.20. The third-order valence-electron chi connectivity index (χ3n) is 2.77. The molecule has 0 aliphatic rings. The van der Waals surface area contributed by atoms with E-state index in [2.05, 4.69) is 5.32 Å². The average Bonchev–Trinajstić information content (AvgIpc) is 2.40. The number of carboxylic acids is 1. The number of hydrogen-bond acceptors (Lipinski definition) is 4.